The minimum Gasteiger partial charge on any atom is -0.455 e. The fraction of sp³-hybridized carbons (Fsp3) is 0.250. The van der Waals surface area contributed by atoms with Gasteiger partial charge in [0.05, 0.1) is 10.2 Å². The van der Waals surface area contributed by atoms with Gasteiger partial charge in [0.15, 0.2) is 5.75 Å². The maximum absolute atomic E-state index is 13.3. The lowest BCUT2D eigenvalue weighted by Gasteiger charge is -2.20. The number of hydrogen-bond acceptors (Lipinski definition) is 2. The fourth-order valence-electron chi connectivity index (χ4n) is 1.79. The summed E-state index contributed by atoms with van der Waals surface area (Å²) < 4.78 is 19.4. The second-order valence-corrected chi connectivity index (χ2v) is 6.54. The van der Waals surface area contributed by atoms with Crippen molar-refractivity contribution in [1.29, 1.82) is 0 Å². The summed E-state index contributed by atoms with van der Waals surface area (Å²) >= 11 is 3.13. The van der Waals surface area contributed by atoms with Gasteiger partial charge in [0.2, 0.25) is 0 Å². The van der Waals surface area contributed by atoms with E-state index in [1.807, 2.05) is 18.2 Å². The van der Waals surface area contributed by atoms with Gasteiger partial charge in [0, 0.05) is 12.1 Å². The molecule has 20 heavy (non-hydrogen) atoms. The van der Waals surface area contributed by atoms with Gasteiger partial charge in [0.25, 0.3) is 0 Å². The number of benzene rings is 2. The molecule has 0 unspecified atom stereocenters. The zero-order chi connectivity index (χ0) is 14.9. The first-order valence-electron chi connectivity index (χ1n) is 6.30. The Kier molecular flexibility index (Phi) is 4.04. The molecule has 2 aromatic carbocycles. The summed E-state index contributed by atoms with van der Waals surface area (Å²) in [7, 11) is 0. The Labute approximate surface area is 126 Å². The average molecular weight is 338 g/mol. The topological polar surface area (TPSA) is 35.2 Å². The predicted octanol–water partition coefficient (Wildman–Crippen LogP) is 5.26. The Morgan fingerprint density at radius 3 is 2.50 bits per heavy atom. The highest BCUT2D eigenvalue weighted by atomic mass is 79.9. The number of halogens is 2. The summed E-state index contributed by atoms with van der Waals surface area (Å²) in [4.78, 5) is 0. The van der Waals surface area contributed by atoms with Crippen LogP contribution in [-0.4, -0.2) is 0 Å². The first-order valence-corrected chi connectivity index (χ1v) is 7.09. The highest BCUT2D eigenvalue weighted by Gasteiger charge is 2.15. The second-order valence-electron chi connectivity index (χ2n) is 5.68. The predicted molar refractivity (Wildman–Crippen MR) is 83.7 cm³/mol. The van der Waals surface area contributed by atoms with E-state index in [0.29, 0.717) is 16.0 Å². The maximum Gasteiger partial charge on any atom is 0.151 e. The molecule has 0 bridgehead atoms. The van der Waals surface area contributed by atoms with Gasteiger partial charge in [0.1, 0.15) is 11.6 Å². The van der Waals surface area contributed by atoms with Crippen LogP contribution in [-0.2, 0) is 5.41 Å². The van der Waals surface area contributed by atoms with Crippen LogP contribution in [0, 0.1) is 5.82 Å². The minimum absolute atomic E-state index is 0.0360. The SMILES string of the molecule is CC(C)(C)c1cccc(Oc2cc(Br)c(F)cc2N)c1. The zero-order valence-electron chi connectivity index (χ0n) is 11.7. The lowest BCUT2D eigenvalue weighted by molar-refractivity contribution is 0.478. The third-order valence-corrected chi connectivity index (χ3v) is 3.59. The highest BCUT2D eigenvalue weighted by Crippen LogP contribution is 2.34. The lowest BCUT2D eigenvalue weighted by Crippen LogP contribution is -2.10. The largest absolute Gasteiger partial charge is 0.455 e. The van der Waals surface area contributed by atoms with Crippen molar-refractivity contribution in [2.45, 2.75) is 26.2 Å². The molecule has 2 rings (SSSR count). The van der Waals surface area contributed by atoms with Gasteiger partial charge < -0.3 is 10.5 Å². The Morgan fingerprint density at radius 1 is 1.15 bits per heavy atom. The van der Waals surface area contributed by atoms with E-state index >= 15 is 0 Å². The second kappa shape index (κ2) is 5.44. The van der Waals surface area contributed by atoms with E-state index in [1.54, 1.807) is 0 Å². The van der Waals surface area contributed by atoms with E-state index in [2.05, 4.69) is 42.8 Å². The third kappa shape index (κ3) is 3.31. The molecule has 0 aliphatic rings. The molecule has 0 radical (unpaired) electrons. The number of ether oxygens (including phenoxy) is 1. The van der Waals surface area contributed by atoms with Gasteiger partial charge >= 0.3 is 0 Å². The van der Waals surface area contributed by atoms with Crippen molar-refractivity contribution in [3.8, 4) is 11.5 Å². The van der Waals surface area contributed by atoms with Crippen LogP contribution in [0.5, 0.6) is 11.5 Å². The standard InChI is InChI=1S/C16H17BrFNO/c1-16(2,3)10-5-4-6-11(7-10)20-15-8-12(17)13(18)9-14(15)19/h4-9H,19H2,1-3H3. The molecule has 0 spiro atoms. The summed E-state index contributed by atoms with van der Waals surface area (Å²) in [5.41, 5.74) is 7.24. The van der Waals surface area contributed by atoms with Crippen LogP contribution < -0.4 is 10.5 Å². The van der Waals surface area contributed by atoms with Gasteiger partial charge in [-0.15, -0.1) is 0 Å². The summed E-state index contributed by atoms with van der Waals surface area (Å²) in [5.74, 6) is 0.713. The van der Waals surface area contributed by atoms with Crippen LogP contribution in [0.4, 0.5) is 10.1 Å². The molecule has 0 saturated heterocycles. The van der Waals surface area contributed by atoms with E-state index in [9.17, 15) is 4.39 Å². The molecule has 2 aromatic rings. The molecule has 0 atom stereocenters. The molecule has 0 aliphatic carbocycles. The maximum atomic E-state index is 13.3. The molecule has 0 aliphatic heterocycles. The molecule has 0 heterocycles. The van der Waals surface area contributed by atoms with Gasteiger partial charge in [-0.2, -0.15) is 0 Å². The third-order valence-electron chi connectivity index (χ3n) is 2.98. The summed E-state index contributed by atoms with van der Waals surface area (Å²) in [6.45, 7) is 6.40. The smallest absolute Gasteiger partial charge is 0.151 e. The van der Waals surface area contributed by atoms with Crippen LogP contribution in [0.2, 0.25) is 0 Å². The first-order chi connectivity index (χ1) is 9.27. The van der Waals surface area contributed by atoms with Crippen molar-refractivity contribution in [2.24, 2.45) is 0 Å². The van der Waals surface area contributed by atoms with Crippen LogP contribution in [0.3, 0.4) is 0 Å². The molecular formula is C16H17BrFNO. The molecule has 2 nitrogen and oxygen atoms in total. The van der Waals surface area contributed by atoms with Crippen LogP contribution in [0.25, 0.3) is 0 Å². The van der Waals surface area contributed by atoms with Gasteiger partial charge in [-0.1, -0.05) is 32.9 Å². The van der Waals surface area contributed by atoms with E-state index in [-0.39, 0.29) is 11.1 Å². The van der Waals surface area contributed by atoms with Crippen LogP contribution in [0.1, 0.15) is 26.3 Å². The Bertz CT molecular complexity index is 635. The van der Waals surface area contributed by atoms with Gasteiger partial charge in [-0.25, -0.2) is 4.39 Å². The van der Waals surface area contributed by atoms with E-state index < -0.39 is 5.82 Å². The summed E-state index contributed by atoms with van der Waals surface area (Å²) in [5, 5.41) is 0. The van der Waals surface area contributed by atoms with Crippen molar-refractivity contribution in [3.05, 3.63) is 52.3 Å². The van der Waals surface area contributed by atoms with Gasteiger partial charge in [-0.05, 0) is 39.0 Å². The Balaban J connectivity index is 2.33. The van der Waals surface area contributed by atoms with E-state index in [1.165, 1.54) is 12.1 Å². The summed E-state index contributed by atoms with van der Waals surface area (Å²) in [6, 6.07) is 10.6. The monoisotopic (exact) mass is 337 g/mol. The molecular weight excluding hydrogens is 321 g/mol. The minimum atomic E-state index is -0.404. The highest BCUT2D eigenvalue weighted by molar-refractivity contribution is 9.10. The number of rotatable bonds is 2. The zero-order valence-corrected chi connectivity index (χ0v) is 13.3. The lowest BCUT2D eigenvalue weighted by atomic mass is 9.87. The van der Waals surface area contributed by atoms with Crippen molar-refractivity contribution in [3.63, 3.8) is 0 Å². The van der Waals surface area contributed by atoms with Crippen LogP contribution >= 0.6 is 15.9 Å². The average Bonchev–Trinajstić information content (AvgIpc) is 2.35. The number of hydrogen-bond donors (Lipinski definition) is 1. The van der Waals surface area contributed by atoms with Crippen molar-refractivity contribution < 1.29 is 9.13 Å². The molecule has 0 amide bonds. The molecule has 0 fully saturated rings. The van der Waals surface area contributed by atoms with Crippen molar-refractivity contribution in [1.82, 2.24) is 0 Å². The van der Waals surface area contributed by atoms with Crippen LogP contribution in [0.15, 0.2) is 40.9 Å². The fourth-order valence-corrected chi connectivity index (χ4v) is 2.11. The molecule has 0 aromatic heterocycles. The first kappa shape index (κ1) is 14.9. The molecule has 4 heteroatoms. The Morgan fingerprint density at radius 2 is 1.85 bits per heavy atom. The van der Waals surface area contributed by atoms with E-state index in [0.717, 1.165) is 5.56 Å². The summed E-state index contributed by atoms with van der Waals surface area (Å²) in [6.07, 6.45) is 0. The molecule has 106 valence electrons. The van der Waals surface area contributed by atoms with Gasteiger partial charge in [-0.3, -0.25) is 0 Å². The number of nitrogen functional groups attached to an aromatic ring is 1. The quantitative estimate of drug-likeness (QED) is 0.758. The number of anilines is 1. The normalized spacial score (nSPS) is 11.4. The van der Waals surface area contributed by atoms with E-state index in [4.69, 9.17) is 10.5 Å². The van der Waals surface area contributed by atoms with Crippen molar-refractivity contribution >= 4 is 21.6 Å². The van der Waals surface area contributed by atoms with Crippen molar-refractivity contribution in [2.75, 3.05) is 5.73 Å². The Hall–Kier alpha value is -1.55. The number of nitrogens with two attached hydrogens (primary N) is 1. The molecule has 2 N–H and O–H groups in total. The molecule has 0 saturated carbocycles.